The molecule has 0 aliphatic heterocycles. The Hall–Kier alpha value is -1.58. The van der Waals surface area contributed by atoms with Crippen molar-refractivity contribution in [3.8, 4) is 0 Å². The largest absolute Gasteiger partial charge is 0.385 e. The van der Waals surface area contributed by atoms with Crippen LogP contribution in [0.3, 0.4) is 0 Å². The van der Waals surface area contributed by atoms with E-state index in [2.05, 4.69) is 29.5 Å². The van der Waals surface area contributed by atoms with Gasteiger partial charge in [0.2, 0.25) is 0 Å². The molecule has 0 saturated carbocycles. The average Bonchev–Trinajstić information content (AvgIpc) is 2.39. The molecule has 0 unspecified atom stereocenters. The number of pyridine rings is 1. The zero-order chi connectivity index (χ0) is 14.1. The van der Waals surface area contributed by atoms with Crippen molar-refractivity contribution in [2.75, 3.05) is 18.4 Å². The second-order valence-electron chi connectivity index (χ2n) is 5.10. The summed E-state index contributed by atoms with van der Waals surface area (Å²) in [5.74, 6) is 0.683. The number of unbranched alkanes of at least 4 members (excludes halogenated alkanes) is 1. The van der Waals surface area contributed by atoms with Crippen LogP contribution in [-0.2, 0) is 0 Å². The van der Waals surface area contributed by atoms with Gasteiger partial charge >= 0.3 is 0 Å². The summed E-state index contributed by atoms with van der Waals surface area (Å²) in [6.07, 6.45) is 6.70. The van der Waals surface area contributed by atoms with E-state index < -0.39 is 0 Å². The standard InChI is InChI=1S/C15H25N3O/c1-4-17-14-8-10-16-11-13(14)15(19)18-9-6-5-7-12(2)3/h8,10-12H,4-7,9H2,1-3H3,(H,16,17)(H,18,19). The molecule has 4 heteroatoms. The van der Waals surface area contributed by atoms with Crippen molar-refractivity contribution in [2.45, 2.75) is 40.0 Å². The zero-order valence-electron chi connectivity index (χ0n) is 12.2. The van der Waals surface area contributed by atoms with Gasteiger partial charge in [0.15, 0.2) is 0 Å². The Morgan fingerprint density at radius 3 is 2.84 bits per heavy atom. The van der Waals surface area contributed by atoms with Crippen molar-refractivity contribution in [1.29, 1.82) is 0 Å². The van der Waals surface area contributed by atoms with E-state index in [1.807, 2.05) is 13.0 Å². The highest BCUT2D eigenvalue weighted by Gasteiger charge is 2.10. The van der Waals surface area contributed by atoms with Crippen molar-refractivity contribution >= 4 is 11.6 Å². The molecular formula is C15H25N3O. The fourth-order valence-corrected chi connectivity index (χ4v) is 1.89. The Balaban J connectivity index is 2.41. The first-order valence-corrected chi connectivity index (χ1v) is 7.11. The Morgan fingerprint density at radius 1 is 1.37 bits per heavy atom. The van der Waals surface area contributed by atoms with E-state index in [9.17, 15) is 4.79 Å². The first-order valence-electron chi connectivity index (χ1n) is 7.11. The lowest BCUT2D eigenvalue weighted by molar-refractivity contribution is 0.0953. The Kier molecular flexibility index (Phi) is 6.93. The minimum Gasteiger partial charge on any atom is -0.385 e. The maximum Gasteiger partial charge on any atom is 0.254 e. The van der Waals surface area contributed by atoms with Crippen LogP contribution in [0.5, 0.6) is 0 Å². The normalized spacial score (nSPS) is 10.5. The Labute approximate surface area is 116 Å². The number of rotatable bonds is 8. The number of amides is 1. The topological polar surface area (TPSA) is 54.0 Å². The molecule has 0 aliphatic carbocycles. The summed E-state index contributed by atoms with van der Waals surface area (Å²) in [7, 11) is 0. The summed E-state index contributed by atoms with van der Waals surface area (Å²) in [6, 6.07) is 1.83. The molecule has 1 heterocycles. The lowest BCUT2D eigenvalue weighted by Crippen LogP contribution is -2.25. The minimum absolute atomic E-state index is 0.0476. The zero-order valence-corrected chi connectivity index (χ0v) is 12.2. The predicted molar refractivity (Wildman–Crippen MR) is 79.4 cm³/mol. The van der Waals surface area contributed by atoms with Gasteiger partial charge in [-0.25, -0.2) is 0 Å². The van der Waals surface area contributed by atoms with Gasteiger partial charge in [-0.2, -0.15) is 0 Å². The number of anilines is 1. The van der Waals surface area contributed by atoms with Gasteiger partial charge < -0.3 is 10.6 Å². The monoisotopic (exact) mass is 263 g/mol. The van der Waals surface area contributed by atoms with Crippen LogP contribution in [0.2, 0.25) is 0 Å². The van der Waals surface area contributed by atoms with Gasteiger partial charge in [0, 0.05) is 25.5 Å². The Morgan fingerprint density at radius 2 is 2.16 bits per heavy atom. The average molecular weight is 263 g/mol. The summed E-state index contributed by atoms with van der Waals surface area (Å²) in [6.45, 7) is 7.96. The molecule has 0 fully saturated rings. The fourth-order valence-electron chi connectivity index (χ4n) is 1.89. The molecule has 1 rings (SSSR count). The summed E-state index contributed by atoms with van der Waals surface area (Å²) in [5, 5.41) is 6.13. The third kappa shape index (κ3) is 5.73. The fraction of sp³-hybridized carbons (Fsp3) is 0.600. The summed E-state index contributed by atoms with van der Waals surface area (Å²) in [4.78, 5) is 16.1. The van der Waals surface area contributed by atoms with E-state index in [0.717, 1.165) is 37.5 Å². The van der Waals surface area contributed by atoms with Crippen molar-refractivity contribution < 1.29 is 4.79 Å². The van der Waals surface area contributed by atoms with Crippen LogP contribution in [0, 0.1) is 5.92 Å². The number of hydrogen-bond acceptors (Lipinski definition) is 3. The highest BCUT2D eigenvalue weighted by Crippen LogP contribution is 2.13. The lowest BCUT2D eigenvalue weighted by atomic mass is 10.1. The summed E-state index contributed by atoms with van der Waals surface area (Å²) < 4.78 is 0. The maximum atomic E-state index is 12.0. The van der Waals surface area contributed by atoms with Crippen molar-refractivity contribution in [2.24, 2.45) is 5.92 Å². The summed E-state index contributed by atoms with van der Waals surface area (Å²) >= 11 is 0. The van der Waals surface area contributed by atoms with Gasteiger partial charge in [0.25, 0.3) is 5.91 Å². The van der Waals surface area contributed by atoms with Crippen LogP contribution in [0.25, 0.3) is 0 Å². The summed E-state index contributed by atoms with van der Waals surface area (Å²) in [5.41, 5.74) is 1.46. The number of nitrogens with zero attached hydrogens (tertiary/aromatic N) is 1. The number of aromatic nitrogens is 1. The van der Waals surface area contributed by atoms with Gasteiger partial charge in [-0.3, -0.25) is 9.78 Å². The third-order valence-electron chi connectivity index (χ3n) is 2.93. The van der Waals surface area contributed by atoms with E-state index in [1.165, 1.54) is 6.42 Å². The maximum absolute atomic E-state index is 12.0. The molecule has 0 saturated heterocycles. The molecule has 1 aromatic heterocycles. The Bertz CT molecular complexity index is 391. The first-order chi connectivity index (χ1) is 9.15. The van der Waals surface area contributed by atoms with Gasteiger partial charge in [-0.1, -0.05) is 26.7 Å². The quantitative estimate of drug-likeness (QED) is 0.709. The van der Waals surface area contributed by atoms with Crippen molar-refractivity contribution in [3.63, 3.8) is 0 Å². The molecule has 1 amide bonds. The molecule has 0 radical (unpaired) electrons. The SMILES string of the molecule is CCNc1ccncc1C(=O)NCCCCC(C)C. The van der Waals surface area contributed by atoms with Crippen LogP contribution in [0.4, 0.5) is 5.69 Å². The molecule has 2 N–H and O–H groups in total. The van der Waals surface area contributed by atoms with E-state index >= 15 is 0 Å². The third-order valence-corrected chi connectivity index (χ3v) is 2.93. The van der Waals surface area contributed by atoms with Crippen LogP contribution >= 0.6 is 0 Å². The highest BCUT2D eigenvalue weighted by atomic mass is 16.1. The number of nitrogens with one attached hydrogen (secondary N) is 2. The molecule has 4 nitrogen and oxygen atoms in total. The van der Waals surface area contributed by atoms with E-state index in [0.29, 0.717) is 5.56 Å². The molecule has 106 valence electrons. The number of hydrogen-bond donors (Lipinski definition) is 2. The molecule has 0 aromatic carbocycles. The molecule has 19 heavy (non-hydrogen) atoms. The van der Waals surface area contributed by atoms with E-state index in [1.54, 1.807) is 12.4 Å². The smallest absolute Gasteiger partial charge is 0.254 e. The lowest BCUT2D eigenvalue weighted by Gasteiger charge is -2.10. The second kappa shape index (κ2) is 8.51. The molecule has 0 atom stereocenters. The van der Waals surface area contributed by atoms with Crippen LogP contribution in [0.1, 0.15) is 50.4 Å². The molecular weight excluding hydrogens is 238 g/mol. The number of carbonyl (C=O) groups is 1. The second-order valence-corrected chi connectivity index (χ2v) is 5.10. The molecule has 0 spiro atoms. The molecule has 0 aliphatic rings. The first kappa shape index (κ1) is 15.5. The van der Waals surface area contributed by atoms with Crippen LogP contribution in [-0.4, -0.2) is 24.0 Å². The van der Waals surface area contributed by atoms with Gasteiger partial charge in [0.1, 0.15) is 0 Å². The van der Waals surface area contributed by atoms with E-state index in [-0.39, 0.29) is 5.91 Å². The van der Waals surface area contributed by atoms with Gasteiger partial charge in [-0.15, -0.1) is 0 Å². The highest BCUT2D eigenvalue weighted by molar-refractivity contribution is 5.99. The van der Waals surface area contributed by atoms with Gasteiger partial charge in [0.05, 0.1) is 11.3 Å². The number of carbonyl (C=O) groups excluding carboxylic acids is 1. The predicted octanol–water partition coefficient (Wildman–Crippen LogP) is 3.07. The van der Waals surface area contributed by atoms with Crippen molar-refractivity contribution in [3.05, 3.63) is 24.0 Å². The van der Waals surface area contributed by atoms with Crippen molar-refractivity contribution in [1.82, 2.24) is 10.3 Å². The minimum atomic E-state index is -0.0476. The van der Waals surface area contributed by atoms with E-state index in [4.69, 9.17) is 0 Å². The van der Waals surface area contributed by atoms with Crippen LogP contribution in [0.15, 0.2) is 18.5 Å². The van der Waals surface area contributed by atoms with Crippen LogP contribution < -0.4 is 10.6 Å². The molecule has 1 aromatic rings. The van der Waals surface area contributed by atoms with Gasteiger partial charge in [-0.05, 0) is 25.3 Å². The molecule has 0 bridgehead atoms.